The van der Waals surface area contributed by atoms with Crippen LogP contribution in [0, 0.1) is 5.92 Å². The van der Waals surface area contributed by atoms with Crippen LogP contribution in [-0.4, -0.2) is 28.2 Å². The number of rotatable bonds is 4. The van der Waals surface area contributed by atoms with Crippen molar-refractivity contribution in [3.8, 4) is 0 Å². The standard InChI is InChI=1S/C8H13N3O2/c1-6(4-12)3-9-7-2-8(13)11-5-10-7/h2,5-6,12H,3-4H2,1H3,(H2,9,10,11,13). The number of hydrogen-bond acceptors (Lipinski definition) is 4. The predicted molar refractivity (Wildman–Crippen MR) is 49.6 cm³/mol. The largest absolute Gasteiger partial charge is 0.396 e. The molecular formula is C8H13N3O2. The second-order valence-electron chi connectivity index (χ2n) is 2.97. The predicted octanol–water partition coefficient (Wildman–Crippen LogP) is -0.190. The van der Waals surface area contributed by atoms with Crippen molar-refractivity contribution in [1.29, 1.82) is 0 Å². The van der Waals surface area contributed by atoms with Crippen molar-refractivity contribution in [2.45, 2.75) is 6.92 Å². The van der Waals surface area contributed by atoms with Gasteiger partial charge >= 0.3 is 0 Å². The maximum Gasteiger partial charge on any atom is 0.252 e. The Kier molecular flexibility index (Phi) is 3.45. The van der Waals surface area contributed by atoms with E-state index in [-0.39, 0.29) is 18.1 Å². The van der Waals surface area contributed by atoms with Gasteiger partial charge in [-0.1, -0.05) is 6.92 Å². The average Bonchev–Trinajstić information content (AvgIpc) is 2.14. The fourth-order valence-corrected chi connectivity index (χ4v) is 0.809. The SMILES string of the molecule is CC(CO)CNc1cc(=O)[nH]cn1. The molecule has 0 spiro atoms. The van der Waals surface area contributed by atoms with Gasteiger partial charge in [0.2, 0.25) is 0 Å². The second-order valence-corrected chi connectivity index (χ2v) is 2.97. The summed E-state index contributed by atoms with van der Waals surface area (Å²) in [5, 5.41) is 11.7. The van der Waals surface area contributed by atoms with Gasteiger partial charge in [-0.15, -0.1) is 0 Å². The molecule has 0 fully saturated rings. The first-order valence-corrected chi connectivity index (χ1v) is 4.12. The molecule has 3 N–H and O–H groups in total. The smallest absolute Gasteiger partial charge is 0.252 e. The molecule has 1 rings (SSSR count). The van der Waals surface area contributed by atoms with Crippen LogP contribution in [0.5, 0.6) is 0 Å². The molecule has 0 aromatic carbocycles. The topological polar surface area (TPSA) is 78.0 Å². The average molecular weight is 183 g/mol. The molecule has 0 aliphatic rings. The summed E-state index contributed by atoms with van der Waals surface area (Å²) in [4.78, 5) is 17.1. The fourth-order valence-electron chi connectivity index (χ4n) is 0.809. The molecule has 5 nitrogen and oxygen atoms in total. The molecule has 1 unspecified atom stereocenters. The Hall–Kier alpha value is -1.36. The van der Waals surface area contributed by atoms with E-state index in [9.17, 15) is 4.79 Å². The summed E-state index contributed by atoms with van der Waals surface area (Å²) in [6.07, 6.45) is 1.34. The molecule has 1 aromatic rings. The lowest BCUT2D eigenvalue weighted by Gasteiger charge is -2.08. The third kappa shape index (κ3) is 3.25. The van der Waals surface area contributed by atoms with Gasteiger partial charge in [0.1, 0.15) is 5.82 Å². The van der Waals surface area contributed by atoms with Gasteiger partial charge in [-0.3, -0.25) is 4.79 Å². The van der Waals surface area contributed by atoms with Crippen LogP contribution in [0.15, 0.2) is 17.2 Å². The summed E-state index contributed by atoms with van der Waals surface area (Å²) in [5.41, 5.74) is -0.186. The number of aliphatic hydroxyl groups is 1. The third-order valence-electron chi connectivity index (χ3n) is 1.62. The Bertz CT molecular complexity index is 310. The Morgan fingerprint density at radius 1 is 1.77 bits per heavy atom. The molecule has 0 saturated carbocycles. The van der Waals surface area contributed by atoms with E-state index in [1.807, 2.05) is 6.92 Å². The normalized spacial score (nSPS) is 12.5. The lowest BCUT2D eigenvalue weighted by atomic mass is 10.2. The zero-order chi connectivity index (χ0) is 9.68. The van der Waals surface area contributed by atoms with Crippen molar-refractivity contribution >= 4 is 5.82 Å². The van der Waals surface area contributed by atoms with Crippen molar-refractivity contribution < 1.29 is 5.11 Å². The van der Waals surface area contributed by atoms with Crippen LogP contribution < -0.4 is 10.9 Å². The molecule has 0 amide bonds. The van der Waals surface area contributed by atoms with E-state index in [2.05, 4.69) is 15.3 Å². The van der Waals surface area contributed by atoms with Crippen molar-refractivity contribution in [3.63, 3.8) is 0 Å². The number of aliphatic hydroxyl groups excluding tert-OH is 1. The van der Waals surface area contributed by atoms with Crippen LogP contribution in [0.2, 0.25) is 0 Å². The van der Waals surface area contributed by atoms with Gasteiger partial charge < -0.3 is 15.4 Å². The summed E-state index contributed by atoms with van der Waals surface area (Å²) in [6.45, 7) is 2.63. The zero-order valence-electron chi connectivity index (χ0n) is 7.45. The van der Waals surface area contributed by atoms with Crippen molar-refractivity contribution in [2.24, 2.45) is 5.92 Å². The van der Waals surface area contributed by atoms with Crippen LogP contribution in [-0.2, 0) is 0 Å². The van der Waals surface area contributed by atoms with Crippen molar-refractivity contribution in [1.82, 2.24) is 9.97 Å². The summed E-state index contributed by atoms with van der Waals surface area (Å²) < 4.78 is 0. The van der Waals surface area contributed by atoms with E-state index in [0.29, 0.717) is 12.4 Å². The van der Waals surface area contributed by atoms with E-state index in [1.54, 1.807) is 0 Å². The molecule has 1 atom stereocenters. The van der Waals surface area contributed by atoms with Gasteiger partial charge in [0.05, 0.1) is 6.33 Å². The summed E-state index contributed by atoms with van der Waals surface area (Å²) in [7, 11) is 0. The Labute approximate surface area is 75.8 Å². The van der Waals surface area contributed by atoms with Gasteiger partial charge in [0.15, 0.2) is 0 Å². The molecule has 13 heavy (non-hydrogen) atoms. The monoisotopic (exact) mass is 183 g/mol. The Balaban J connectivity index is 2.50. The molecule has 1 heterocycles. The molecule has 0 aliphatic heterocycles. The van der Waals surface area contributed by atoms with Gasteiger partial charge in [0, 0.05) is 19.2 Å². The van der Waals surface area contributed by atoms with Crippen molar-refractivity contribution in [3.05, 3.63) is 22.7 Å². The first kappa shape index (κ1) is 9.73. The van der Waals surface area contributed by atoms with Gasteiger partial charge in [-0.2, -0.15) is 0 Å². The molecule has 1 aromatic heterocycles. The molecule has 0 aliphatic carbocycles. The van der Waals surface area contributed by atoms with E-state index < -0.39 is 0 Å². The highest BCUT2D eigenvalue weighted by Crippen LogP contribution is 1.98. The minimum atomic E-state index is -0.186. The third-order valence-corrected chi connectivity index (χ3v) is 1.62. The highest BCUT2D eigenvalue weighted by atomic mass is 16.3. The van der Waals surface area contributed by atoms with Crippen LogP contribution in [0.3, 0.4) is 0 Å². The first-order chi connectivity index (χ1) is 6.22. The van der Waals surface area contributed by atoms with Crippen LogP contribution in [0.25, 0.3) is 0 Å². The van der Waals surface area contributed by atoms with E-state index in [4.69, 9.17) is 5.11 Å². The molecule has 5 heteroatoms. The van der Waals surface area contributed by atoms with E-state index in [0.717, 1.165) is 0 Å². The Morgan fingerprint density at radius 2 is 2.54 bits per heavy atom. The number of aromatic nitrogens is 2. The van der Waals surface area contributed by atoms with E-state index >= 15 is 0 Å². The number of nitrogens with zero attached hydrogens (tertiary/aromatic N) is 1. The summed E-state index contributed by atoms with van der Waals surface area (Å²) in [6, 6.07) is 1.38. The Morgan fingerprint density at radius 3 is 3.15 bits per heavy atom. The number of nitrogens with one attached hydrogen (secondary N) is 2. The zero-order valence-corrected chi connectivity index (χ0v) is 7.45. The maximum atomic E-state index is 10.8. The molecular weight excluding hydrogens is 170 g/mol. The molecule has 0 radical (unpaired) electrons. The molecule has 72 valence electrons. The van der Waals surface area contributed by atoms with Gasteiger partial charge in [-0.05, 0) is 5.92 Å². The lowest BCUT2D eigenvalue weighted by molar-refractivity contribution is 0.244. The minimum absolute atomic E-state index is 0.121. The van der Waals surface area contributed by atoms with Crippen LogP contribution in [0.4, 0.5) is 5.82 Å². The quantitative estimate of drug-likeness (QED) is 0.604. The van der Waals surface area contributed by atoms with Crippen LogP contribution >= 0.6 is 0 Å². The van der Waals surface area contributed by atoms with E-state index in [1.165, 1.54) is 12.4 Å². The highest BCUT2D eigenvalue weighted by molar-refractivity contribution is 5.31. The first-order valence-electron chi connectivity index (χ1n) is 4.12. The number of anilines is 1. The fraction of sp³-hybridized carbons (Fsp3) is 0.500. The number of aromatic amines is 1. The minimum Gasteiger partial charge on any atom is -0.396 e. The van der Waals surface area contributed by atoms with Crippen molar-refractivity contribution in [2.75, 3.05) is 18.5 Å². The van der Waals surface area contributed by atoms with Gasteiger partial charge in [0.25, 0.3) is 5.56 Å². The number of hydrogen-bond donors (Lipinski definition) is 3. The maximum absolute atomic E-state index is 10.8. The molecule has 0 saturated heterocycles. The lowest BCUT2D eigenvalue weighted by Crippen LogP contribution is -2.16. The highest BCUT2D eigenvalue weighted by Gasteiger charge is 1.99. The van der Waals surface area contributed by atoms with Gasteiger partial charge in [-0.25, -0.2) is 4.98 Å². The van der Waals surface area contributed by atoms with Crippen LogP contribution in [0.1, 0.15) is 6.92 Å². The summed E-state index contributed by atoms with van der Waals surface area (Å²) in [5.74, 6) is 0.685. The molecule has 0 bridgehead atoms. The second kappa shape index (κ2) is 4.61. The number of H-pyrrole nitrogens is 1. The summed E-state index contributed by atoms with van der Waals surface area (Å²) >= 11 is 0.